The van der Waals surface area contributed by atoms with Crippen molar-refractivity contribution in [1.29, 1.82) is 0 Å². The van der Waals surface area contributed by atoms with Gasteiger partial charge in [0.25, 0.3) is 11.8 Å². The van der Waals surface area contributed by atoms with Crippen LogP contribution in [0, 0.1) is 0 Å². The van der Waals surface area contributed by atoms with Crippen molar-refractivity contribution in [3.05, 3.63) is 47.2 Å². The summed E-state index contributed by atoms with van der Waals surface area (Å²) in [5.74, 6) is -1.79. The maximum Gasteiger partial charge on any atom is 0.352 e. The second kappa shape index (κ2) is 7.34. The summed E-state index contributed by atoms with van der Waals surface area (Å²) in [6.45, 7) is 0. The predicted octanol–water partition coefficient (Wildman–Crippen LogP) is 0.894. The van der Waals surface area contributed by atoms with Gasteiger partial charge in [-0.3, -0.25) is 14.5 Å². The lowest BCUT2D eigenvalue weighted by Crippen LogP contribution is -2.70. The molecule has 0 aromatic heterocycles. The van der Waals surface area contributed by atoms with Gasteiger partial charge in [-0.25, -0.2) is 4.79 Å². The van der Waals surface area contributed by atoms with Crippen LogP contribution in [0.15, 0.2) is 41.6 Å². The van der Waals surface area contributed by atoms with Gasteiger partial charge >= 0.3 is 5.97 Å². The summed E-state index contributed by atoms with van der Waals surface area (Å²) in [6, 6.07) is 7.58. The Hall–Kier alpha value is -1.59. The van der Waals surface area contributed by atoms with Gasteiger partial charge in [0.15, 0.2) is 6.10 Å². The van der Waals surface area contributed by atoms with E-state index in [0.717, 1.165) is 0 Å². The van der Waals surface area contributed by atoms with Crippen LogP contribution in [-0.2, 0) is 14.4 Å². The van der Waals surface area contributed by atoms with E-state index in [1.807, 2.05) is 0 Å². The van der Waals surface area contributed by atoms with Crippen LogP contribution >= 0.6 is 34.4 Å². The van der Waals surface area contributed by atoms with Crippen molar-refractivity contribution in [2.45, 2.75) is 17.5 Å². The maximum atomic E-state index is 12.4. The summed E-state index contributed by atoms with van der Waals surface area (Å²) in [4.78, 5) is 37.3. The van der Waals surface area contributed by atoms with Gasteiger partial charge < -0.3 is 15.5 Å². The van der Waals surface area contributed by atoms with Crippen LogP contribution in [0.3, 0.4) is 0 Å². The average molecular weight is 474 g/mol. The first kappa shape index (κ1) is 18.2. The molecule has 2 amide bonds. The lowest BCUT2D eigenvalue weighted by atomic mass is 10.0. The standard InChI is InChI=1S/C16H15IN2O5S/c17-6-9-7-25-15-10(14(22)19(15)11(9)16(23)24)18-13(21)12(20)8-4-2-1-3-5-8/h1-5,10,12,15,20H,6-7H2,(H,18,21)(H,23,24)/t10?,12?,15-/m0/s1. The first-order valence-corrected chi connectivity index (χ1v) is 10.0. The molecule has 0 bridgehead atoms. The SMILES string of the molecule is O=C(O)C1=C(CI)CS[C@H]2C(NC(=O)C(O)c3ccccc3)C(=O)N12. The van der Waals surface area contributed by atoms with Crippen molar-refractivity contribution in [2.75, 3.05) is 10.2 Å². The molecule has 7 nitrogen and oxygen atoms in total. The molecule has 0 aliphatic carbocycles. The zero-order chi connectivity index (χ0) is 18.1. The fourth-order valence-electron chi connectivity index (χ4n) is 2.81. The number of carboxylic acids is 1. The molecule has 3 atom stereocenters. The second-order valence-corrected chi connectivity index (χ2v) is 7.47. The van der Waals surface area contributed by atoms with Gasteiger partial charge in [0.05, 0.1) is 0 Å². The van der Waals surface area contributed by atoms with Crippen LogP contribution in [0.2, 0.25) is 0 Å². The highest BCUT2D eigenvalue weighted by Gasteiger charge is 2.54. The monoisotopic (exact) mass is 474 g/mol. The number of nitrogens with zero attached hydrogens (tertiary/aromatic N) is 1. The van der Waals surface area contributed by atoms with Crippen molar-refractivity contribution in [2.24, 2.45) is 0 Å². The van der Waals surface area contributed by atoms with Gasteiger partial charge in [-0.15, -0.1) is 11.8 Å². The molecule has 2 heterocycles. The Morgan fingerprint density at radius 1 is 1.36 bits per heavy atom. The average Bonchev–Trinajstić information content (AvgIpc) is 2.64. The molecular formula is C16H15IN2O5S. The van der Waals surface area contributed by atoms with Gasteiger partial charge in [-0.2, -0.15) is 0 Å². The molecule has 1 fully saturated rings. The number of carboxylic acid groups (broad SMARTS) is 1. The number of rotatable bonds is 5. The van der Waals surface area contributed by atoms with E-state index in [9.17, 15) is 24.6 Å². The Labute approximate surface area is 161 Å². The molecule has 0 saturated carbocycles. The fraction of sp³-hybridized carbons (Fsp3) is 0.312. The Bertz CT molecular complexity index is 754. The van der Waals surface area contributed by atoms with Crippen LogP contribution < -0.4 is 5.32 Å². The number of fused-ring (bicyclic) bond motifs is 1. The molecule has 9 heteroatoms. The van der Waals surface area contributed by atoms with Crippen LogP contribution in [-0.4, -0.2) is 54.5 Å². The van der Waals surface area contributed by atoms with E-state index < -0.39 is 35.3 Å². The summed E-state index contributed by atoms with van der Waals surface area (Å²) in [6.07, 6.45) is -1.38. The molecule has 3 N–H and O–H groups in total. The van der Waals surface area contributed by atoms with E-state index >= 15 is 0 Å². The van der Waals surface area contributed by atoms with Crippen molar-refractivity contribution in [3.8, 4) is 0 Å². The number of hydrogen-bond acceptors (Lipinski definition) is 5. The van der Waals surface area contributed by atoms with E-state index in [1.54, 1.807) is 30.3 Å². The van der Waals surface area contributed by atoms with Crippen molar-refractivity contribution in [1.82, 2.24) is 10.2 Å². The maximum absolute atomic E-state index is 12.4. The normalized spacial score (nSPS) is 23.6. The summed E-state index contributed by atoms with van der Waals surface area (Å²) < 4.78 is 0.520. The summed E-state index contributed by atoms with van der Waals surface area (Å²) in [5.41, 5.74) is 1.13. The number of thioether (sulfide) groups is 1. The van der Waals surface area contributed by atoms with Gasteiger partial charge in [0.2, 0.25) is 0 Å². The highest BCUT2D eigenvalue weighted by molar-refractivity contribution is 14.1. The minimum Gasteiger partial charge on any atom is -0.477 e. The lowest BCUT2D eigenvalue weighted by molar-refractivity contribution is -0.151. The first-order valence-electron chi connectivity index (χ1n) is 7.45. The minimum absolute atomic E-state index is 0.0113. The lowest BCUT2D eigenvalue weighted by Gasteiger charge is -2.49. The van der Waals surface area contributed by atoms with Gasteiger partial charge in [-0.05, 0) is 11.1 Å². The zero-order valence-electron chi connectivity index (χ0n) is 12.9. The number of halogens is 1. The van der Waals surface area contributed by atoms with E-state index in [1.165, 1.54) is 16.7 Å². The third-order valence-electron chi connectivity index (χ3n) is 4.07. The highest BCUT2D eigenvalue weighted by Crippen LogP contribution is 2.40. The number of aliphatic carboxylic acids is 1. The van der Waals surface area contributed by atoms with Crippen molar-refractivity contribution >= 4 is 52.1 Å². The third kappa shape index (κ3) is 3.27. The number of aliphatic hydroxyl groups is 1. The molecule has 1 aromatic rings. The summed E-state index contributed by atoms with van der Waals surface area (Å²) in [7, 11) is 0. The molecule has 1 aromatic carbocycles. The quantitative estimate of drug-likeness (QED) is 0.333. The Balaban J connectivity index is 1.73. The van der Waals surface area contributed by atoms with Crippen LogP contribution in [0.25, 0.3) is 0 Å². The number of nitrogens with one attached hydrogen (secondary N) is 1. The minimum atomic E-state index is -1.38. The summed E-state index contributed by atoms with van der Waals surface area (Å²) in [5, 5.41) is 21.6. The first-order chi connectivity index (χ1) is 12.0. The van der Waals surface area contributed by atoms with E-state index in [4.69, 9.17) is 0 Å². The molecule has 132 valence electrons. The molecular weight excluding hydrogens is 459 g/mol. The summed E-state index contributed by atoms with van der Waals surface area (Å²) >= 11 is 3.48. The number of alkyl halides is 1. The Morgan fingerprint density at radius 3 is 2.64 bits per heavy atom. The highest BCUT2D eigenvalue weighted by atomic mass is 127. The van der Waals surface area contributed by atoms with Gasteiger partial charge in [0.1, 0.15) is 17.1 Å². The molecule has 25 heavy (non-hydrogen) atoms. The molecule has 2 unspecified atom stereocenters. The van der Waals surface area contributed by atoms with Crippen LogP contribution in [0.4, 0.5) is 0 Å². The van der Waals surface area contributed by atoms with Gasteiger partial charge in [0, 0.05) is 10.2 Å². The molecule has 0 radical (unpaired) electrons. The molecule has 2 aliphatic heterocycles. The van der Waals surface area contributed by atoms with E-state index in [2.05, 4.69) is 27.9 Å². The fourth-order valence-corrected chi connectivity index (χ4v) is 5.15. The van der Waals surface area contributed by atoms with Crippen molar-refractivity contribution < 1.29 is 24.6 Å². The van der Waals surface area contributed by atoms with E-state index in [-0.39, 0.29) is 5.70 Å². The molecule has 2 aliphatic rings. The number of benzene rings is 1. The van der Waals surface area contributed by atoms with Gasteiger partial charge in [-0.1, -0.05) is 52.9 Å². The number of β-lactam (4-membered cyclic amide) rings is 1. The number of aliphatic hydroxyl groups excluding tert-OH is 1. The Morgan fingerprint density at radius 2 is 2.04 bits per heavy atom. The van der Waals surface area contributed by atoms with E-state index in [0.29, 0.717) is 21.3 Å². The van der Waals surface area contributed by atoms with Crippen LogP contribution in [0.1, 0.15) is 11.7 Å². The number of amides is 2. The third-order valence-corrected chi connectivity index (χ3v) is 6.33. The van der Waals surface area contributed by atoms with Crippen LogP contribution in [0.5, 0.6) is 0 Å². The number of hydrogen-bond donors (Lipinski definition) is 3. The molecule has 1 saturated heterocycles. The number of carbonyl (C=O) groups is 3. The Kier molecular flexibility index (Phi) is 5.35. The molecule has 3 rings (SSSR count). The largest absolute Gasteiger partial charge is 0.477 e. The van der Waals surface area contributed by atoms with Crippen molar-refractivity contribution in [3.63, 3.8) is 0 Å². The predicted molar refractivity (Wildman–Crippen MR) is 100.0 cm³/mol. The topological polar surface area (TPSA) is 107 Å². The second-order valence-electron chi connectivity index (χ2n) is 5.60. The number of carbonyl (C=O) groups excluding carboxylic acids is 2. The zero-order valence-corrected chi connectivity index (χ0v) is 15.9. The smallest absolute Gasteiger partial charge is 0.352 e. The molecule has 0 spiro atoms.